The molecule has 104 valence electrons. The molecule has 0 fully saturated rings. The van der Waals surface area contributed by atoms with E-state index < -0.39 is 0 Å². The predicted molar refractivity (Wildman–Crippen MR) is 77.8 cm³/mol. The summed E-state index contributed by atoms with van der Waals surface area (Å²) in [4.78, 5) is 12.0. The van der Waals surface area contributed by atoms with Crippen LogP contribution in [0.2, 0.25) is 0 Å². The highest BCUT2D eigenvalue weighted by Crippen LogP contribution is 2.23. The summed E-state index contributed by atoms with van der Waals surface area (Å²) in [6.45, 7) is 3.12. The van der Waals surface area contributed by atoms with Gasteiger partial charge in [0.2, 0.25) is 0 Å². The van der Waals surface area contributed by atoms with Crippen LogP contribution in [0.5, 0.6) is 0 Å². The van der Waals surface area contributed by atoms with Crippen LogP contribution in [-0.4, -0.2) is 19.0 Å². The number of hydrogen-bond donors (Lipinski definition) is 0. The van der Waals surface area contributed by atoms with E-state index >= 15 is 0 Å². The van der Waals surface area contributed by atoms with Crippen molar-refractivity contribution in [2.24, 2.45) is 0 Å². The smallest absolute Gasteiger partial charge is 0.188 e. The van der Waals surface area contributed by atoms with E-state index in [9.17, 15) is 4.79 Å². The van der Waals surface area contributed by atoms with Crippen molar-refractivity contribution >= 4 is 5.78 Å². The van der Waals surface area contributed by atoms with Gasteiger partial charge >= 0.3 is 0 Å². The Labute approximate surface area is 116 Å². The van der Waals surface area contributed by atoms with Gasteiger partial charge in [-0.2, -0.15) is 0 Å². The lowest BCUT2D eigenvalue weighted by Gasteiger charge is -2.06. The molecule has 0 saturated carbocycles. The van der Waals surface area contributed by atoms with E-state index in [1.54, 1.807) is 0 Å². The fourth-order valence-corrected chi connectivity index (χ4v) is 2.62. The molecule has 2 heteroatoms. The molecular formula is C17H24O2. The van der Waals surface area contributed by atoms with Crippen molar-refractivity contribution in [3.8, 4) is 0 Å². The highest BCUT2D eigenvalue weighted by atomic mass is 16.5. The van der Waals surface area contributed by atoms with Gasteiger partial charge in [-0.15, -0.1) is 0 Å². The quantitative estimate of drug-likeness (QED) is 0.522. The third-order valence-corrected chi connectivity index (χ3v) is 3.80. The van der Waals surface area contributed by atoms with Crippen molar-refractivity contribution in [3.05, 3.63) is 34.9 Å². The number of rotatable bonds is 8. The number of hydrogen-bond acceptors (Lipinski definition) is 2. The van der Waals surface area contributed by atoms with Gasteiger partial charge < -0.3 is 4.74 Å². The van der Waals surface area contributed by atoms with Crippen LogP contribution in [0.25, 0.3) is 0 Å². The van der Waals surface area contributed by atoms with Crippen LogP contribution in [0.4, 0.5) is 0 Å². The maximum absolute atomic E-state index is 12.0. The molecule has 0 aliphatic heterocycles. The molecule has 0 atom stereocenters. The number of ketones is 1. The molecule has 1 aliphatic carbocycles. The molecule has 0 N–H and O–H groups in total. The van der Waals surface area contributed by atoms with Crippen LogP contribution in [0.3, 0.4) is 0 Å². The summed E-state index contributed by atoms with van der Waals surface area (Å²) in [7, 11) is 0. The molecule has 0 aromatic heterocycles. The number of unbranched alkanes of at least 4 members (excludes halogenated alkanes) is 3. The van der Waals surface area contributed by atoms with Crippen molar-refractivity contribution in [1.82, 2.24) is 0 Å². The molecule has 0 radical (unpaired) electrons. The van der Waals surface area contributed by atoms with Crippen molar-refractivity contribution < 1.29 is 9.53 Å². The molecule has 0 unspecified atom stereocenters. The Morgan fingerprint density at radius 1 is 1.16 bits per heavy atom. The number of aryl methyl sites for hydroxylation is 2. The van der Waals surface area contributed by atoms with E-state index in [0.29, 0.717) is 6.61 Å². The Morgan fingerprint density at radius 3 is 2.84 bits per heavy atom. The van der Waals surface area contributed by atoms with E-state index in [1.165, 1.54) is 36.8 Å². The first-order chi connectivity index (χ1) is 9.31. The van der Waals surface area contributed by atoms with Gasteiger partial charge in [0.15, 0.2) is 5.78 Å². The summed E-state index contributed by atoms with van der Waals surface area (Å²) in [5, 5.41) is 0. The molecule has 1 aromatic rings. The zero-order chi connectivity index (χ0) is 13.5. The number of carbonyl (C=O) groups is 1. The summed E-state index contributed by atoms with van der Waals surface area (Å²) in [6.07, 6.45) is 8.25. The largest absolute Gasteiger partial charge is 0.373 e. The highest BCUT2D eigenvalue weighted by molar-refractivity contribution is 5.97. The summed E-state index contributed by atoms with van der Waals surface area (Å²) in [5.41, 5.74) is 3.58. The number of carbonyl (C=O) groups excluding carboxylic acids is 1. The lowest BCUT2D eigenvalue weighted by Crippen LogP contribution is -2.10. The molecule has 2 nitrogen and oxygen atoms in total. The highest BCUT2D eigenvalue weighted by Gasteiger charge is 2.13. The number of ether oxygens (including phenoxy) is 1. The van der Waals surface area contributed by atoms with E-state index in [0.717, 1.165) is 24.8 Å². The summed E-state index contributed by atoms with van der Waals surface area (Å²) < 4.78 is 5.47. The van der Waals surface area contributed by atoms with Crippen molar-refractivity contribution in [1.29, 1.82) is 0 Å². The molecule has 0 amide bonds. The first kappa shape index (κ1) is 14.3. The van der Waals surface area contributed by atoms with Gasteiger partial charge in [-0.3, -0.25) is 4.79 Å². The molecule has 0 bridgehead atoms. The maximum Gasteiger partial charge on any atom is 0.188 e. The number of Topliss-reactive ketones (excluding diaryl/α,β-unsaturated/α-hetero) is 1. The number of benzene rings is 1. The SMILES string of the molecule is CCCCCCOCC(=O)c1ccc2c(c1)CCC2. The van der Waals surface area contributed by atoms with E-state index in [-0.39, 0.29) is 12.4 Å². The monoisotopic (exact) mass is 260 g/mol. The standard InChI is InChI=1S/C17H24O2/c1-2-3-4-5-11-19-13-17(18)16-10-9-14-7-6-8-15(14)12-16/h9-10,12H,2-8,11,13H2,1H3. The fraction of sp³-hybridized carbons (Fsp3) is 0.588. The van der Waals surface area contributed by atoms with Crippen LogP contribution in [0.1, 0.15) is 60.5 Å². The lowest BCUT2D eigenvalue weighted by molar-refractivity contribution is 0.0752. The molecule has 0 saturated heterocycles. The fourth-order valence-electron chi connectivity index (χ4n) is 2.62. The van der Waals surface area contributed by atoms with Crippen LogP contribution in [0.15, 0.2) is 18.2 Å². The Bertz CT molecular complexity index is 423. The van der Waals surface area contributed by atoms with Gasteiger partial charge in [0.25, 0.3) is 0 Å². The molecule has 2 rings (SSSR count). The third-order valence-electron chi connectivity index (χ3n) is 3.80. The Morgan fingerprint density at radius 2 is 2.00 bits per heavy atom. The van der Waals surface area contributed by atoms with Crippen molar-refractivity contribution in [2.45, 2.75) is 51.9 Å². The van der Waals surface area contributed by atoms with Crippen LogP contribution >= 0.6 is 0 Å². The lowest BCUT2D eigenvalue weighted by atomic mass is 10.0. The van der Waals surface area contributed by atoms with Crippen LogP contribution < -0.4 is 0 Å². The van der Waals surface area contributed by atoms with Gasteiger partial charge in [0.1, 0.15) is 6.61 Å². The Balaban J connectivity index is 1.74. The minimum absolute atomic E-state index is 0.116. The molecular weight excluding hydrogens is 236 g/mol. The molecule has 0 spiro atoms. The number of fused-ring (bicyclic) bond motifs is 1. The first-order valence-corrected chi connectivity index (χ1v) is 7.54. The van der Waals surface area contributed by atoms with E-state index in [2.05, 4.69) is 19.1 Å². The first-order valence-electron chi connectivity index (χ1n) is 7.54. The zero-order valence-electron chi connectivity index (χ0n) is 11.9. The van der Waals surface area contributed by atoms with Gasteiger partial charge in [0.05, 0.1) is 0 Å². The minimum Gasteiger partial charge on any atom is -0.373 e. The minimum atomic E-state index is 0.116. The average molecular weight is 260 g/mol. The molecule has 1 aliphatic rings. The Hall–Kier alpha value is -1.15. The predicted octanol–water partition coefficient (Wildman–Crippen LogP) is 3.95. The summed E-state index contributed by atoms with van der Waals surface area (Å²) in [5.74, 6) is 0.116. The van der Waals surface area contributed by atoms with Gasteiger partial charge in [-0.25, -0.2) is 0 Å². The van der Waals surface area contributed by atoms with Gasteiger partial charge in [0, 0.05) is 12.2 Å². The van der Waals surface area contributed by atoms with Crippen LogP contribution in [-0.2, 0) is 17.6 Å². The maximum atomic E-state index is 12.0. The molecule has 19 heavy (non-hydrogen) atoms. The zero-order valence-corrected chi connectivity index (χ0v) is 11.9. The normalized spacial score (nSPS) is 13.5. The summed E-state index contributed by atoms with van der Waals surface area (Å²) in [6, 6.07) is 6.12. The van der Waals surface area contributed by atoms with Crippen LogP contribution in [0, 0.1) is 0 Å². The van der Waals surface area contributed by atoms with Gasteiger partial charge in [-0.1, -0.05) is 38.3 Å². The topological polar surface area (TPSA) is 26.3 Å². The second-order valence-electron chi connectivity index (χ2n) is 5.37. The Kier molecular flexibility index (Phi) is 5.59. The van der Waals surface area contributed by atoms with E-state index in [1.807, 2.05) is 6.07 Å². The van der Waals surface area contributed by atoms with Crippen molar-refractivity contribution in [3.63, 3.8) is 0 Å². The third kappa shape index (κ3) is 4.17. The van der Waals surface area contributed by atoms with Crippen molar-refractivity contribution in [2.75, 3.05) is 13.2 Å². The molecule has 0 heterocycles. The second-order valence-corrected chi connectivity index (χ2v) is 5.37. The van der Waals surface area contributed by atoms with Gasteiger partial charge in [-0.05, 0) is 42.9 Å². The molecule has 1 aromatic carbocycles. The summed E-state index contributed by atoms with van der Waals surface area (Å²) >= 11 is 0. The average Bonchev–Trinajstić information content (AvgIpc) is 2.89. The van der Waals surface area contributed by atoms with E-state index in [4.69, 9.17) is 4.74 Å². The second kappa shape index (κ2) is 7.44.